The third-order valence-corrected chi connectivity index (χ3v) is 7.85. The van der Waals surface area contributed by atoms with Crippen molar-refractivity contribution >= 4 is 11.8 Å². The monoisotopic (exact) mass is 318 g/mol. The van der Waals surface area contributed by atoms with Gasteiger partial charge in [-0.3, -0.25) is 0 Å². The lowest BCUT2D eigenvalue weighted by atomic mass is 9.53. The van der Waals surface area contributed by atoms with Crippen LogP contribution in [-0.4, -0.2) is 29.8 Å². The molecule has 1 aliphatic heterocycles. The lowest BCUT2D eigenvalue weighted by Gasteiger charge is -2.55. The Balaban J connectivity index is 1.68. The van der Waals surface area contributed by atoms with E-state index in [0.717, 1.165) is 17.4 Å². The lowest BCUT2D eigenvalue weighted by molar-refractivity contribution is -0.0525. The van der Waals surface area contributed by atoms with E-state index in [-0.39, 0.29) is 11.5 Å². The molecule has 2 aliphatic carbocycles. The summed E-state index contributed by atoms with van der Waals surface area (Å²) in [4.78, 5) is 0. The molecule has 1 aromatic rings. The van der Waals surface area contributed by atoms with Gasteiger partial charge in [0.2, 0.25) is 0 Å². The highest BCUT2D eigenvalue weighted by molar-refractivity contribution is 7.99. The van der Waals surface area contributed by atoms with Crippen LogP contribution in [0.3, 0.4) is 0 Å². The molecule has 22 heavy (non-hydrogen) atoms. The number of hydrogen-bond acceptors (Lipinski definition) is 3. The van der Waals surface area contributed by atoms with Crippen LogP contribution < -0.4 is 4.74 Å². The van der Waals surface area contributed by atoms with Crippen molar-refractivity contribution in [3.8, 4) is 5.75 Å². The van der Waals surface area contributed by atoms with Gasteiger partial charge in [0.1, 0.15) is 5.75 Å². The predicted molar refractivity (Wildman–Crippen MR) is 91.7 cm³/mol. The summed E-state index contributed by atoms with van der Waals surface area (Å²) in [5, 5.41) is 10.6. The van der Waals surface area contributed by atoms with Gasteiger partial charge in [-0.1, -0.05) is 13.0 Å². The number of aryl methyl sites for hydroxylation is 1. The number of rotatable bonds is 1. The molecule has 1 aromatic carbocycles. The second-order valence-electron chi connectivity index (χ2n) is 7.58. The van der Waals surface area contributed by atoms with Gasteiger partial charge in [0.05, 0.1) is 13.2 Å². The van der Waals surface area contributed by atoms with Crippen LogP contribution in [0.5, 0.6) is 5.75 Å². The Morgan fingerprint density at radius 3 is 2.95 bits per heavy atom. The van der Waals surface area contributed by atoms with Crippen LogP contribution in [0.2, 0.25) is 0 Å². The maximum atomic E-state index is 10.6. The molecule has 0 amide bonds. The van der Waals surface area contributed by atoms with Crippen LogP contribution in [-0.2, 0) is 6.42 Å². The highest BCUT2D eigenvalue weighted by Crippen LogP contribution is 2.58. The van der Waals surface area contributed by atoms with Crippen LogP contribution in [0, 0.1) is 17.3 Å². The quantitative estimate of drug-likeness (QED) is 0.852. The van der Waals surface area contributed by atoms with Crippen molar-refractivity contribution in [3.05, 3.63) is 29.3 Å². The van der Waals surface area contributed by atoms with E-state index in [2.05, 4.69) is 25.1 Å². The molecule has 2 nitrogen and oxygen atoms in total. The predicted octanol–water partition coefficient (Wildman–Crippen LogP) is 3.87. The second kappa shape index (κ2) is 5.45. The molecular weight excluding hydrogens is 292 g/mol. The maximum Gasteiger partial charge on any atom is 0.119 e. The van der Waals surface area contributed by atoms with Crippen LogP contribution in [0.15, 0.2) is 18.2 Å². The number of fused-ring (bicyclic) bond motifs is 5. The summed E-state index contributed by atoms with van der Waals surface area (Å²) < 4.78 is 5.40. The van der Waals surface area contributed by atoms with E-state index in [0.29, 0.717) is 11.8 Å². The summed E-state index contributed by atoms with van der Waals surface area (Å²) >= 11 is 1.96. The first kappa shape index (κ1) is 14.9. The smallest absolute Gasteiger partial charge is 0.119 e. The van der Waals surface area contributed by atoms with Gasteiger partial charge >= 0.3 is 0 Å². The first-order valence-electron chi connectivity index (χ1n) is 8.56. The summed E-state index contributed by atoms with van der Waals surface area (Å²) in [7, 11) is 1.75. The molecule has 1 saturated heterocycles. The minimum atomic E-state index is -0.116. The van der Waals surface area contributed by atoms with Crippen molar-refractivity contribution in [2.45, 2.75) is 44.6 Å². The topological polar surface area (TPSA) is 29.5 Å². The van der Waals surface area contributed by atoms with Crippen molar-refractivity contribution in [2.75, 3.05) is 18.6 Å². The molecule has 0 radical (unpaired) electrons. The first-order chi connectivity index (χ1) is 10.6. The minimum absolute atomic E-state index is 0.116. The third kappa shape index (κ3) is 2.12. The summed E-state index contributed by atoms with van der Waals surface area (Å²) in [5.41, 5.74) is 3.20. The molecule has 4 rings (SSSR count). The van der Waals surface area contributed by atoms with Crippen molar-refractivity contribution < 1.29 is 9.84 Å². The van der Waals surface area contributed by atoms with Gasteiger partial charge in [-0.15, -0.1) is 0 Å². The number of benzene rings is 1. The normalized spacial score (nSPS) is 40.3. The first-order valence-corrected chi connectivity index (χ1v) is 9.71. The van der Waals surface area contributed by atoms with Gasteiger partial charge < -0.3 is 9.84 Å². The highest BCUT2D eigenvalue weighted by Gasteiger charge is 2.52. The Kier molecular flexibility index (Phi) is 3.69. The Morgan fingerprint density at radius 2 is 2.14 bits per heavy atom. The fraction of sp³-hybridized carbons (Fsp3) is 0.684. The Labute approximate surface area is 137 Å². The van der Waals surface area contributed by atoms with Gasteiger partial charge in [-0.25, -0.2) is 0 Å². The molecular formula is C19H26O2S. The summed E-state index contributed by atoms with van der Waals surface area (Å²) in [6, 6.07) is 6.67. The highest BCUT2D eigenvalue weighted by atomic mass is 32.2. The lowest BCUT2D eigenvalue weighted by Crippen LogP contribution is -2.53. The van der Waals surface area contributed by atoms with Crippen LogP contribution >= 0.6 is 11.8 Å². The Hall–Kier alpha value is -0.670. The fourth-order valence-corrected chi connectivity index (χ4v) is 6.88. The van der Waals surface area contributed by atoms with Crippen LogP contribution in [0.25, 0.3) is 0 Å². The molecule has 0 aromatic heterocycles. The average Bonchev–Trinajstić information content (AvgIpc) is 2.55. The van der Waals surface area contributed by atoms with E-state index in [1.165, 1.54) is 37.0 Å². The largest absolute Gasteiger partial charge is 0.497 e. The Bertz CT molecular complexity index is 573. The minimum Gasteiger partial charge on any atom is -0.497 e. The van der Waals surface area contributed by atoms with Gasteiger partial charge in [-0.2, -0.15) is 11.8 Å². The summed E-state index contributed by atoms with van der Waals surface area (Å²) in [6.07, 6.45) is 4.74. The molecule has 5 atom stereocenters. The zero-order valence-corrected chi connectivity index (χ0v) is 14.4. The van der Waals surface area contributed by atoms with E-state index in [1.807, 2.05) is 11.8 Å². The molecule has 1 saturated carbocycles. The van der Waals surface area contributed by atoms with Crippen molar-refractivity contribution in [1.82, 2.24) is 0 Å². The zero-order chi connectivity index (χ0) is 15.3. The molecule has 3 aliphatic rings. The number of methoxy groups -OCH3 is 1. The average molecular weight is 318 g/mol. The summed E-state index contributed by atoms with van der Waals surface area (Å²) in [6.45, 7) is 2.35. The van der Waals surface area contributed by atoms with Gasteiger partial charge in [0.15, 0.2) is 0 Å². The SMILES string of the molecule is COc1ccc2c(c1)CC[C@@H]1[C@@H]2CC[C@]2(C)[C@H](O)CSC[C@@H]12. The Morgan fingerprint density at radius 1 is 1.27 bits per heavy atom. The van der Waals surface area contributed by atoms with Crippen molar-refractivity contribution in [1.29, 1.82) is 0 Å². The maximum absolute atomic E-state index is 10.6. The van der Waals surface area contributed by atoms with E-state index in [4.69, 9.17) is 4.74 Å². The molecule has 1 N–H and O–H groups in total. The van der Waals surface area contributed by atoms with Gasteiger partial charge in [0.25, 0.3) is 0 Å². The number of aliphatic hydroxyl groups is 1. The molecule has 3 heteroatoms. The van der Waals surface area contributed by atoms with E-state index >= 15 is 0 Å². The van der Waals surface area contributed by atoms with Crippen LogP contribution in [0.4, 0.5) is 0 Å². The number of hydrogen-bond donors (Lipinski definition) is 1. The number of thioether (sulfide) groups is 1. The zero-order valence-electron chi connectivity index (χ0n) is 13.5. The van der Waals surface area contributed by atoms with Crippen molar-refractivity contribution in [3.63, 3.8) is 0 Å². The van der Waals surface area contributed by atoms with E-state index < -0.39 is 0 Å². The molecule has 0 spiro atoms. The van der Waals surface area contributed by atoms with E-state index in [1.54, 1.807) is 12.7 Å². The molecule has 2 fully saturated rings. The number of aliphatic hydroxyl groups excluding tert-OH is 1. The fourth-order valence-electron chi connectivity index (χ4n) is 5.26. The second-order valence-corrected chi connectivity index (χ2v) is 8.65. The molecule has 0 unspecified atom stereocenters. The standard InChI is InChI=1S/C19H26O2S/c1-19-8-7-15-14-6-4-13(21-2)9-12(14)3-5-16(15)17(19)10-22-11-18(19)20/h4,6,9,15-18,20H,3,5,7-8,10-11H2,1-2H3/t15-,16-,17+,18-,19+/m1/s1. The molecule has 1 heterocycles. The molecule has 120 valence electrons. The third-order valence-electron chi connectivity index (χ3n) is 6.71. The number of ether oxygens (including phenoxy) is 1. The van der Waals surface area contributed by atoms with Crippen molar-refractivity contribution in [2.24, 2.45) is 17.3 Å². The molecule has 0 bridgehead atoms. The van der Waals surface area contributed by atoms with Gasteiger partial charge in [-0.05, 0) is 77.9 Å². The van der Waals surface area contributed by atoms with E-state index in [9.17, 15) is 5.11 Å². The van der Waals surface area contributed by atoms with Gasteiger partial charge in [0, 0.05) is 5.75 Å². The summed E-state index contributed by atoms with van der Waals surface area (Å²) in [5.74, 6) is 5.27. The van der Waals surface area contributed by atoms with Crippen LogP contribution in [0.1, 0.15) is 43.2 Å².